The van der Waals surface area contributed by atoms with Gasteiger partial charge in [-0.05, 0) is 25.1 Å². The van der Waals surface area contributed by atoms with Crippen LogP contribution < -0.4 is 5.32 Å². The van der Waals surface area contributed by atoms with E-state index in [4.69, 9.17) is 0 Å². The fourth-order valence-corrected chi connectivity index (χ4v) is 3.60. The summed E-state index contributed by atoms with van der Waals surface area (Å²) in [7, 11) is 0. The molecule has 1 fully saturated rings. The van der Waals surface area contributed by atoms with Crippen LogP contribution in [0.2, 0.25) is 0 Å². The lowest BCUT2D eigenvalue weighted by molar-refractivity contribution is -0.214. The van der Waals surface area contributed by atoms with Gasteiger partial charge in [0.1, 0.15) is 10.4 Å². The third kappa shape index (κ3) is 2.44. The summed E-state index contributed by atoms with van der Waals surface area (Å²) in [6.45, 7) is -0.120. The van der Waals surface area contributed by atoms with Gasteiger partial charge in [0.25, 0.3) is 0 Å². The number of carbonyl (C=O) groups is 1. The van der Waals surface area contributed by atoms with Crippen molar-refractivity contribution < 1.29 is 18.0 Å². The van der Waals surface area contributed by atoms with Crippen molar-refractivity contribution in [1.29, 1.82) is 0 Å². The molecule has 0 aliphatic carbocycles. The highest BCUT2D eigenvalue weighted by Crippen LogP contribution is 2.44. The van der Waals surface area contributed by atoms with Crippen LogP contribution in [0.1, 0.15) is 11.4 Å². The van der Waals surface area contributed by atoms with Crippen molar-refractivity contribution in [2.45, 2.75) is 19.0 Å². The molecule has 3 rings (SSSR count). The smallest absolute Gasteiger partial charge is 0.315 e. The molecule has 1 N–H and O–H groups in total. The molecule has 2 heterocycles. The average molecular weight is 314 g/mol. The predicted molar refractivity (Wildman–Crippen MR) is 74.3 cm³/mol. The van der Waals surface area contributed by atoms with Gasteiger partial charge in [0, 0.05) is 6.54 Å². The van der Waals surface area contributed by atoms with Crippen molar-refractivity contribution >= 4 is 27.3 Å². The number of Topliss-reactive ketones (excluding diaryl/α,β-unsaturated/α-hetero) is 1. The summed E-state index contributed by atoms with van der Waals surface area (Å²) in [5.74, 6) is -0.793. The van der Waals surface area contributed by atoms with Gasteiger partial charge in [-0.2, -0.15) is 13.2 Å². The van der Waals surface area contributed by atoms with E-state index < -0.39 is 17.4 Å². The first kappa shape index (κ1) is 14.5. The van der Waals surface area contributed by atoms with Gasteiger partial charge in [-0.3, -0.25) is 4.79 Å². The molecule has 1 aliphatic heterocycles. The molecule has 1 saturated heterocycles. The van der Waals surface area contributed by atoms with Gasteiger partial charge in [0.05, 0.1) is 16.6 Å². The number of alkyl halides is 3. The maximum Gasteiger partial charge on any atom is 0.402 e. The Kier molecular flexibility index (Phi) is 3.49. The second-order valence-corrected chi connectivity index (χ2v) is 6.30. The van der Waals surface area contributed by atoms with E-state index in [0.29, 0.717) is 5.01 Å². The molecular weight excluding hydrogens is 301 g/mol. The largest absolute Gasteiger partial charge is 0.402 e. The van der Waals surface area contributed by atoms with Gasteiger partial charge >= 0.3 is 6.18 Å². The highest BCUT2D eigenvalue weighted by molar-refractivity contribution is 7.18. The number of benzene rings is 1. The molecule has 1 aromatic heterocycles. The quantitative estimate of drug-likeness (QED) is 0.947. The first-order chi connectivity index (χ1) is 9.92. The Labute approximate surface area is 123 Å². The first-order valence-corrected chi connectivity index (χ1v) is 7.39. The van der Waals surface area contributed by atoms with E-state index >= 15 is 0 Å². The van der Waals surface area contributed by atoms with Crippen LogP contribution >= 0.6 is 11.3 Å². The number of ketones is 1. The zero-order valence-corrected chi connectivity index (χ0v) is 11.9. The van der Waals surface area contributed by atoms with Crippen LogP contribution in [-0.4, -0.2) is 30.0 Å². The molecule has 1 unspecified atom stereocenters. The summed E-state index contributed by atoms with van der Waals surface area (Å²) in [6.07, 6.45) is -4.98. The summed E-state index contributed by atoms with van der Waals surface area (Å²) in [6, 6.07) is 7.28. The minimum absolute atomic E-state index is 0.194. The summed E-state index contributed by atoms with van der Waals surface area (Å²) < 4.78 is 40.8. The Balaban J connectivity index is 1.88. The standard InChI is InChI=1S/C14H13F3N2OS/c15-14(16,17)13(5-6-18-8-13)11(20)7-12-19-9-3-1-2-4-10(9)21-12/h1-4,18H,5-8H2. The minimum Gasteiger partial charge on any atom is -0.315 e. The highest BCUT2D eigenvalue weighted by atomic mass is 32.1. The molecule has 7 heteroatoms. The maximum atomic E-state index is 13.3. The van der Waals surface area contributed by atoms with E-state index in [-0.39, 0.29) is 25.9 Å². The number of aromatic nitrogens is 1. The van der Waals surface area contributed by atoms with Crippen molar-refractivity contribution in [3.63, 3.8) is 0 Å². The first-order valence-electron chi connectivity index (χ1n) is 6.58. The van der Waals surface area contributed by atoms with Crippen LogP contribution in [0.5, 0.6) is 0 Å². The number of hydrogen-bond acceptors (Lipinski definition) is 4. The number of thiazole rings is 1. The number of fused-ring (bicyclic) bond motifs is 1. The van der Waals surface area contributed by atoms with E-state index in [9.17, 15) is 18.0 Å². The van der Waals surface area contributed by atoms with Crippen molar-refractivity contribution in [2.24, 2.45) is 5.41 Å². The number of halogens is 3. The third-order valence-corrected chi connectivity index (χ3v) is 4.92. The van der Waals surface area contributed by atoms with E-state index in [0.717, 1.165) is 10.2 Å². The topological polar surface area (TPSA) is 42.0 Å². The number of nitrogens with zero attached hydrogens (tertiary/aromatic N) is 1. The maximum absolute atomic E-state index is 13.3. The molecule has 1 aliphatic rings. The second kappa shape index (κ2) is 5.06. The molecule has 0 amide bonds. The average Bonchev–Trinajstić information content (AvgIpc) is 3.04. The predicted octanol–water partition coefficient (Wildman–Crippen LogP) is 2.95. The third-order valence-electron chi connectivity index (χ3n) is 3.88. The van der Waals surface area contributed by atoms with Crippen molar-refractivity contribution in [2.75, 3.05) is 13.1 Å². The van der Waals surface area contributed by atoms with E-state index in [1.54, 1.807) is 6.07 Å². The normalized spacial score (nSPS) is 22.8. The van der Waals surface area contributed by atoms with Gasteiger partial charge < -0.3 is 5.32 Å². The molecule has 112 valence electrons. The van der Waals surface area contributed by atoms with Crippen LogP contribution in [0, 0.1) is 5.41 Å². The molecule has 1 atom stereocenters. The summed E-state index contributed by atoms with van der Waals surface area (Å²) in [4.78, 5) is 16.5. The molecular formula is C14H13F3N2OS. The van der Waals surface area contributed by atoms with Gasteiger partial charge in [0.15, 0.2) is 5.78 Å². The van der Waals surface area contributed by atoms with Crippen LogP contribution in [0.15, 0.2) is 24.3 Å². The Morgan fingerprint density at radius 3 is 2.76 bits per heavy atom. The summed E-state index contributed by atoms with van der Waals surface area (Å²) in [5.41, 5.74) is -1.54. The second-order valence-electron chi connectivity index (χ2n) is 5.18. The van der Waals surface area contributed by atoms with Crippen LogP contribution in [0.4, 0.5) is 13.2 Å². The molecule has 1 aromatic carbocycles. The fourth-order valence-electron chi connectivity index (χ4n) is 2.63. The minimum atomic E-state index is -4.52. The fraction of sp³-hybridized carbons (Fsp3) is 0.429. The number of nitrogens with one attached hydrogen (secondary N) is 1. The van der Waals surface area contributed by atoms with Crippen LogP contribution in [0.3, 0.4) is 0 Å². The Morgan fingerprint density at radius 2 is 2.14 bits per heavy atom. The summed E-state index contributed by atoms with van der Waals surface area (Å²) in [5, 5.41) is 3.10. The zero-order chi connectivity index (χ0) is 15.1. The van der Waals surface area contributed by atoms with Crippen LogP contribution in [-0.2, 0) is 11.2 Å². The Hall–Kier alpha value is -1.47. The van der Waals surface area contributed by atoms with Gasteiger partial charge in [-0.15, -0.1) is 11.3 Å². The number of rotatable bonds is 3. The lowest BCUT2D eigenvalue weighted by Gasteiger charge is -2.28. The number of hydrogen-bond donors (Lipinski definition) is 1. The van der Waals surface area contributed by atoms with Crippen molar-refractivity contribution in [3.05, 3.63) is 29.3 Å². The van der Waals surface area contributed by atoms with E-state index in [2.05, 4.69) is 10.3 Å². The Morgan fingerprint density at radius 1 is 1.38 bits per heavy atom. The monoisotopic (exact) mass is 314 g/mol. The van der Waals surface area contributed by atoms with Crippen molar-refractivity contribution in [1.82, 2.24) is 10.3 Å². The molecule has 21 heavy (non-hydrogen) atoms. The molecule has 0 saturated carbocycles. The highest BCUT2D eigenvalue weighted by Gasteiger charge is 2.60. The number of para-hydroxylation sites is 1. The van der Waals surface area contributed by atoms with Gasteiger partial charge in [0.2, 0.25) is 0 Å². The van der Waals surface area contributed by atoms with Crippen LogP contribution in [0.25, 0.3) is 10.2 Å². The zero-order valence-electron chi connectivity index (χ0n) is 11.0. The van der Waals surface area contributed by atoms with Crippen molar-refractivity contribution in [3.8, 4) is 0 Å². The molecule has 0 radical (unpaired) electrons. The molecule has 2 aromatic rings. The molecule has 0 bridgehead atoms. The molecule has 0 spiro atoms. The lowest BCUT2D eigenvalue weighted by atomic mass is 9.80. The van der Waals surface area contributed by atoms with E-state index in [1.165, 1.54) is 11.3 Å². The number of carbonyl (C=O) groups excluding carboxylic acids is 1. The van der Waals surface area contributed by atoms with Gasteiger partial charge in [-0.1, -0.05) is 12.1 Å². The lowest BCUT2D eigenvalue weighted by Crippen LogP contribution is -2.47. The summed E-state index contributed by atoms with van der Waals surface area (Å²) >= 11 is 1.27. The van der Waals surface area contributed by atoms with E-state index in [1.807, 2.05) is 18.2 Å². The Bertz CT molecular complexity index is 641. The SMILES string of the molecule is O=C(Cc1nc2ccccc2s1)C1(C(F)(F)F)CCNC1. The molecule has 3 nitrogen and oxygen atoms in total. The van der Waals surface area contributed by atoms with Gasteiger partial charge in [-0.25, -0.2) is 4.98 Å².